The molecule has 23 heavy (non-hydrogen) atoms. The summed E-state index contributed by atoms with van der Waals surface area (Å²) in [5.41, 5.74) is 2.67. The van der Waals surface area contributed by atoms with Crippen molar-refractivity contribution in [2.24, 2.45) is 0 Å². The van der Waals surface area contributed by atoms with E-state index < -0.39 is 24.5 Å². The van der Waals surface area contributed by atoms with E-state index in [9.17, 15) is 15.3 Å². The van der Waals surface area contributed by atoms with Crippen molar-refractivity contribution in [2.45, 2.75) is 49.1 Å². The summed E-state index contributed by atoms with van der Waals surface area (Å²) in [7, 11) is 0. The van der Waals surface area contributed by atoms with Gasteiger partial charge in [0.05, 0.1) is 12.3 Å². The highest BCUT2D eigenvalue weighted by molar-refractivity contribution is 7.80. The summed E-state index contributed by atoms with van der Waals surface area (Å²) in [6.07, 6.45) is 2.42. The van der Waals surface area contributed by atoms with E-state index in [0.29, 0.717) is 5.65 Å². The molecular formula is C15H19N3O4S. The van der Waals surface area contributed by atoms with E-state index >= 15 is 0 Å². The molecule has 124 valence electrons. The van der Waals surface area contributed by atoms with Gasteiger partial charge in [0.15, 0.2) is 6.23 Å². The molecule has 1 unspecified atom stereocenters. The standard InChI is InChI=1S/C15H19N3O4S/c19-5-8-12(20)13(21)15(22-8)18-4-7-2-1-3-9(23)11-10(7)14(18)17-6-16-11/h4,6,8-9,12-13,15,19-21,23H,1-3,5H2/t8-,9?,12-,13+,15-/m1/s1. The largest absolute Gasteiger partial charge is 0.394 e. The molecule has 3 N–H and O–H groups in total. The van der Waals surface area contributed by atoms with Crippen molar-refractivity contribution in [3.8, 4) is 0 Å². The molecule has 0 spiro atoms. The van der Waals surface area contributed by atoms with Crippen LogP contribution in [0, 0.1) is 0 Å². The first kappa shape index (κ1) is 15.3. The van der Waals surface area contributed by atoms with E-state index in [1.165, 1.54) is 6.33 Å². The fraction of sp³-hybridized carbons (Fsp3) is 0.600. The number of aryl methyl sites for hydroxylation is 1. The molecule has 1 saturated heterocycles. The Labute approximate surface area is 138 Å². The van der Waals surface area contributed by atoms with Crippen molar-refractivity contribution in [3.05, 3.63) is 23.8 Å². The minimum atomic E-state index is -1.13. The maximum Gasteiger partial charge on any atom is 0.164 e. The number of aromatic nitrogens is 3. The van der Waals surface area contributed by atoms with Gasteiger partial charge in [0.1, 0.15) is 30.3 Å². The number of aliphatic hydroxyl groups is 3. The van der Waals surface area contributed by atoms with Crippen LogP contribution in [0.5, 0.6) is 0 Å². The predicted octanol–water partition coefficient (Wildman–Crippen LogP) is 0.350. The van der Waals surface area contributed by atoms with Gasteiger partial charge in [-0.2, -0.15) is 12.6 Å². The third-order valence-electron chi connectivity index (χ3n) is 4.75. The average molecular weight is 337 g/mol. The molecule has 1 aliphatic heterocycles. The molecule has 1 fully saturated rings. The molecule has 0 radical (unpaired) electrons. The minimum absolute atomic E-state index is 0.0581. The first-order valence-electron chi connectivity index (χ1n) is 7.76. The summed E-state index contributed by atoms with van der Waals surface area (Å²) < 4.78 is 7.38. The molecule has 7 nitrogen and oxygen atoms in total. The Morgan fingerprint density at radius 2 is 2.13 bits per heavy atom. The fourth-order valence-corrected chi connectivity index (χ4v) is 3.93. The van der Waals surface area contributed by atoms with Crippen molar-refractivity contribution in [3.63, 3.8) is 0 Å². The van der Waals surface area contributed by atoms with E-state index in [0.717, 1.165) is 35.9 Å². The number of nitrogens with zero attached hydrogens (tertiary/aromatic N) is 3. The second-order valence-corrected chi connectivity index (χ2v) is 6.78. The molecule has 2 aliphatic rings. The van der Waals surface area contributed by atoms with Crippen molar-refractivity contribution >= 4 is 23.7 Å². The van der Waals surface area contributed by atoms with E-state index in [4.69, 9.17) is 4.74 Å². The highest BCUT2D eigenvalue weighted by Crippen LogP contribution is 2.39. The maximum atomic E-state index is 10.3. The summed E-state index contributed by atoms with van der Waals surface area (Å²) >= 11 is 4.64. The number of aliphatic hydroxyl groups excluding tert-OH is 3. The van der Waals surface area contributed by atoms with Crippen molar-refractivity contribution in [1.82, 2.24) is 14.5 Å². The summed E-state index contributed by atoms with van der Waals surface area (Å²) in [5, 5.41) is 30.6. The van der Waals surface area contributed by atoms with Gasteiger partial charge in [0.2, 0.25) is 0 Å². The molecule has 4 rings (SSSR count). The van der Waals surface area contributed by atoms with Crippen molar-refractivity contribution < 1.29 is 20.1 Å². The monoisotopic (exact) mass is 337 g/mol. The lowest BCUT2D eigenvalue weighted by atomic mass is 10.1. The van der Waals surface area contributed by atoms with Gasteiger partial charge >= 0.3 is 0 Å². The zero-order chi connectivity index (χ0) is 16.1. The van der Waals surface area contributed by atoms with Crippen LogP contribution >= 0.6 is 12.6 Å². The van der Waals surface area contributed by atoms with Gasteiger partial charge in [0, 0.05) is 16.8 Å². The quantitative estimate of drug-likeness (QED) is 0.590. The van der Waals surface area contributed by atoms with Gasteiger partial charge in [-0.15, -0.1) is 0 Å². The molecule has 0 amide bonds. The highest BCUT2D eigenvalue weighted by Gasteiger charge is 2.44. The van der Waals surface area contributed by atoms with Crippen molar-refractivity contribution in [1.29, 1.82) is 0 Å². The summed E-state index contributed by atoms with van der Waals surface area (Å²) in [6, 6.07) is 0. The van der Waals surface area contributed by atoms with Gasteiger partial charge < -0.3 is 24.6 Å². The molecule has 0 bridgehead atoms. The SMILES string of the molecule is OC[C@H]1O[C@@H](n2cc3c4c(ncnc42)C(S)CCC3)[C@@H](O)[C@@H]1O. The van der Waals surface area contributed by atoms with Crippen LogP contribution in [0.25, 0.3) is 11.0 Å². The molecule has 8 heteroatoms. The number of ether oxygens (including phenoxy) is 1. The molecule has 2 aromatic rings. The van der Waals surface area contributed by atoms with Crippen LogP contribution in [0.2, 0.25) is 0 Å². The Kier molecular flexibility index (Phi) is 3.81. The summed E-state index contributed by atoms with van der Waals surface area (Å²) in [5.74, 6) is 0. The molecule has 0 saturated carbocycles. The maximum absolute atomic E-state index is 10.3. The van der Waals surface area contributed by atoms with Crippen LogP contribution in [0.4, 0.5) is 0 Å². The normalized spacial score (nSPS) is 34.0. The lowest BCUT2D eigenvalue weighted by molar-refractivity contribution is -0.0509. The number of thiol groups is 1. The number of hydrogen-bond donors (Lipinski definition) is 4. The Hall–Kier alpha value is -1.19. The Morgan fingerprint density at radius 1 is 1.30 bits per heavy atom. The van der Waals surface area contributed by atoms with Gasteiger partial charge in [-0.05, 0) is 24.8 Å². The van der Waals surface area contributed by atoms with Crippen LogP contribution in [0.1, 0.15) is 35.6 Å². The van der Waals surface area contributed by atoms with E-state index in [1.54, 1.807) is 4.57 Å². The zero-order valence-corrected chi connectivity index (χ0v) is 13.3. The molecule has 2 aromatic heterocycles. The molecule has 3 heterocycles. The van der Waals surface area contributed by atoms with Gasteiger partial charge in [-0.3, -0.25) is 0 Å². The number of rotatable bonds is 2. The zero-order valence-electron chi connectivity index (χ0n) is 12.4. The molecule has 1 aliphatic carbocycles. The predicted molar refractivity (Wildman–Crippen MR) is 85.2 cm³/mol. The van der Waals surface area contributed by atoms with Crippen LogP contribution in [0.3, 0.4) is 0 Å². The first-order chi connectivity index (χ1) is 11.1. The second-order valence-electron chi connectivity index (χ2n) is 6.16. The summed E-state index contributed by atoms with van der Waals surface area (Å²) in [6.45, 7) is -0.347. The van der Waals surface area contributed by atoms with Crippen LogP contribution in [-0.4, -0.2) is 54.8 Å². The van der Waals surface area contributed by atoms with Crippen LogP contribution in [-0.2, 0) is 11.2 Å². The second kappa shape index (κ2) is 5.71. The molecular weight excluding hydrogens is 318 g/mol. The highest BCUT2D eigenvalue weighted by atomic mass is 32.1. The fourth-order valence-electron chi connectivity index (χ4n) is 3.56. The van der Waals surface area contributed by atoms with Gasteiger partial charge in [-0.25, -0.2) is 9.97 Å². The lowest BCUT2D eigenvalue weighted by Gasteiger charge is -2.18. The molecule has 5 atom stereocenters. The topological polar surface area (TPSA) is 101 Å². The minimum Gasteiger partial charge on any atom is -0.394 e. The number of hydrogen-bond acceptors (Lipinski definition) is 7. The molecule has 0 aromatic carbocycles. The van der Waals surface area contributed by atoms with E-state index in [2.05, 4.69) is 22.6 Å². The van der Waals surface area contributed by atoms with Gasteiger partial charge in [0.25, 0.3) is 0 Å². The van der Waals surface area contributed by atoms with Gasteiger partial charge in [-0.1, -0.05) is 0 Å². The Bertz CT molecular complexity index is 737. The lowest BCUT2D eigenvalue weighted by Crippen LogP contribution is -2.33. The third kappa shape index (κ3) is 2.28. The van der Waals surface area contributed by atoms with Crippen LogP contribution in [0.15, 0.2) is 12.5 Å². The Morgan fingerprint density at radius 3 is 2.87 bits per heavy atom. The van der Waals surface area contributed by atoms with Crippen LogP contribution < -0.4 is 0 Å². The average Bonchev–Trinajstić information content (AvgIpc) is 3.00. The van der Waals surface area contributed by atoms with Crippen molar-refractivity contribution in [2.75, 3.05) is 6.61 Å². The smallest absolute Gasteiger partial charge is 0.164 e. The summed E-state index contributed by atoms with van der Waals surface area (Å²) in [4.78, 5) is 8.75. The van der Waals surface area contributed by atoms with E-state index in [-0.39, 0.29) is 11.9 Å². The first-order valence-corrected chi connectivity index (χ1v) is 8.28. The third-order valence-corrected chi connectivity index (χ3v) is 5.25. The van der Waals surface area contributed by atoms with E-state index in [1.807, 2.05) is 6.20 Å². The Balaban J connectivity index is 1.85.